The van der Waals surface area contributed by atoms with Gasteiger partial charge in [-0.3, -0.25) is 0 Å². The van der Waals surface area contributed by atoms with Crippen molar-refractivity contribution in [3.8, 4) is 0 Å². The molecule has 0 saturated heterocycles. The highest BCUT2D eigenvalue weighted by Gasteiger charge is 2.27. The summed E-state index contributed by atoms with van der Waals surface area (Å²) in [5.41, 5.74) is -0.410. The molecule has 0 aliphatic rings. The summed E-state index contributed by atoms with van der Waals surface area (Å²) in [4.78, 5) is 42.9. The van der Waals surface area contributed by atoms with Gasteiger partial charge < -0.3 is 4.74 Å². The van der Waals surface area contributed by atoms with Crippen LogP contribution in [0.4, 0.5) is 4.79 Å². The van der Waals surface area contributed by atoms with E-state index in [9.17, 15) is 14.4 Å². The van der Waals surface area contributed by atoms with Crippen LogP contribution in [0.15, 0.2) is 30.3 Å². The Morgan fingerprint density at radius 1 is 1.09 bits per heavy atom. The van der Waals surface area contributed by atoms with Gasteiger partial charge in [0.25, 0.3) is 0 Å². The summed E-state index contributed by atoms with van der Waals surface area (Å²) in [5, 5.41) is 0. The average molecular weight is 329 g/mol. The average Bonchev–Trinajstić information content (AvgIpc) is 2.44. The molecule has 0 fully saturated rings. The first-order chi connectivity index (χ1) is 10.4. The third kappa shape index (κ3) is 7.08. The molecular weight excluding hydrogens is 312 g/mol. The van der Waals surface area contributed by atoms with E-state index in [4.69, 9.17) is 11.6 Å². The Kier molecular flexibility index (Phi) is 7.39. The van der Waals surface area contributed by atoms with Crippen molar-refractivity contribution in [2.75, 3.05) is 0 Å². The minimum absolute atomic E-state index is 0.0434. The lowest BCUT2D eigenvalue weighted by Crippen LogP contribution is -2.30. The Balaban J connectivity index is 2.47. The molecule has 1 aromatic carbocycles. The van der Waals surface area contributed by atoms with Crippen molar-refractivity contribution < 1.29 is 28.9 Å². The van der Waals surface area contributed by atoms with Gasteiger partial charge in [0, 0.05) is 11.6 Å². The topological polar surface area (TPSA) is 78.9 Å². The molecule has 1 rings (SSSR count). The van der Waals surface area contributed by atoms with Crippen LogP contribution in [-0.4, -0.2) is 23.5 Å². The van der Waals surface area contributed by atoms with Crippen LogP contribution in [0.1, 0.15) is 25.8 Å². The second-order valence-corrected chi connectivity index (χ2v) is 5.30. The molecule has 1 aromatic rings. The van der Waals surface area contributed by atoms with Crippen LogP contribution in [0, 0.1) is 5.92 Å². The maximum absolute atomic E-state index is 11.7. The van der Waals surface area contributed by atoms with Gasteiger partial charge >= 0.3 is 17.4 Å². The minimum Gasteiger partial charge on any atom is -0.438 e. The third-order valence-corrected chi connectivity index (χ3v) is 2.68. The predicted octanol–water partition coefficient (Wildman–Crippen LogP) is 3.02. The van der Waals surface area contributed by atoms with E-state index in [1.165, 1.54) is 0 Å². The van der Waals surface area contributed by atoms with Gasteiger partial charge in [-0.05, 0) is 17.9 Å². The molecule has 7 heteroatoms. The summed E-state index contributed by atoms with van der Waals surface area (Å²) in [6.07, 6.45) is -1.05. The first-order valence-corrected chi connectivity index (χ1v) is 7.07. The van der Waals surface area contributed by atoms with Crippen molar-refractivity contribution in [1.29, 1.82) is 0 Å². The molecule has 0 aromatic heterocycles. The van der Waals surface area contributed by atoms with E-state index in [1.807, 2.05) is 19.9 Å². The van der Waals surface area contributed by atoms with Gasteiger partial charge in [0.2, 0.25) is 6.10 Å². The van der Waals surface area contributed by atoms with Crippen LogP contribution in [-0.2, 0) is 30.5 Å². The fourth-order valence-electron chi connectivity index (χ4n) is 1.67. The number of rotatable bonds is 6. The van der Waals surface area contributed by atoms with Gasteiger partial charge in [0.15, 0.2) is 0 Å². The lowest BCUT2D eigenvalue weighted by molar-refractivity contribution is -0.264. The second-order valence-electron chi connectivity index (χ2n) is 4.99. The Morgan fingerprint density at radius 2 is 1.73 bits per heavy atom. The van der Waals surface area contributed by atoms with E-state index in [-0.39, 0.29) is 18.8 Å². The summed E-state index contributed by atoms with van der Waals surface area (Å²) in [7, 11) is 0. The lowest BCUT2D eigenvalue weighted by atomic mass is 10.1. The molecule has 1 atom stereocenters. The Bertz CT molecular complexity index is 514. The molecule has 1 unspecified atom stereocenters. The first-order valence-electron chi connectivity index (χ1n) is 6.69. The molecule has 6 nitrogen and oxygen atoms in total. The molecule has 120 valence electrons. The molecule has 0 saturated carbocycles. The van der Waals surface area contributed by atoms with E-state index in [2.05, 4.69) is 14.5 Å². The fourth-order valence-corrected chi connectivity index (χ4v) is 1.77. The molecule has 0 radical (unpaired) electrons. The van der Waals surface area contributed by atoms with E-state index in [0.29, 0.717) is 0 Å². The zero-order valence-electron chi connectivity index (χ0n) is 12.3. The molecule has 0 aliphatic heterocycles. The van der Waals surface area contributed by atoms with E-state index in [0.717, 1.165) is 5.56 Å². The van der Waals surface area contributed by atoms with Crippen molar-refractivity contribution in [2.24, 2.45) is 5.92 Å². The van der Waals surface area contributed by atoms with Crippen LogP contribution in [0.25, 0.3) is 0 Å². The Labute approximate surface area is 133 Å². The minimum atomic E-state index is -1.21. The molecule has 0 aliphatic carbocycles. The molecule has 0 spiro atoms. The van der Waals surface area contributed by atoms with Gasteiger partial charge in [-0.2, -0.15) is 0 Å². The van der Waals surface area contributed by atoms with Crippen molar-refractivity contribution >= 4 is 29.0 Å². The van der Waals surface area contributed by atoms with Gasteiger partial charge in [0.05, 0.1) is 6.42 Å². The summed E-state index contributed by atoms with van der Waals surface area (Å²) < 4.78 is 4.63. The van der Waals surface area contributed by atoms with Crippen molar-refractivity contribution in [3.05, 3.63) is 35.9 Å². The van der Waals surface area contributed by atoms with Gasteiger partial charge in [0.1, 0.15) is 0 Å². The van der Waals surface area contributed by atoms with Crippen LogP contribution in [0.3, 0.4) is 0 Å². The SMILES string of the molecule is CC(C)CC(OC(=O)Cl)C(=O)OOC(=O)Cc1ccccc1. The summed E-state index contributed by atoms with van der Waals surface area (Å²) in [5.74, 6) is -1.67. The number of carbonyl (C=O) groups is 3. The molecule has 0 amide bonds. The molecule has 0 bridgehead atoms. The maximum atomic E-state index is 11.7. The highest BCUT2D eigenvalue weighted by Crippen LogP contribution is 2.12. The number of hydrogen-bond donors (Lipinski definition) is 0. The zero-order valence-corrected chi connectivity index (χ0v) is 13.0. The molecule has 0 N–H and O–H groups in total. The van der Waals surface area contributed by atoms with Gasteiger partial charge in [-0.25, -0.2) is 24.2 Å². The van der Waals surface area contributed by atoms with Crippen molar-refractivity contribution in [2.45, 2.75) is 32.8 Å². The highest BCUT2D eigenvalue weighted by atomic mass is 35.5. The monoisotopic (exact) mass is 328 g/mol. The number of carbonyl (C=O) groups excluding carboxylic acids is 3. The number of benzene rings is 1. The number of ether oxygens (including phenoxy) is 1. The van der Waals surface area contributed by atoms with E-state index in [1.54, 1.807) is 24.3 Å². The van der Waals surface area contributed by atoms with Crippen LogP contribution in [0.5, 0.6) is 0 Å². The molecular formula is C15H17ClO6. The first kappa shape index (κ1) is 18.0. The van der Waals surface area contributed by atoms with Gasteiger partial charge in [-0.15, -0.1) is 0 Å². The summed E-state index contributed by atoms with van der Waals surface area (Å²) in [6, 6.07) is 8.83. The normalized spacial score (nSPS) is 11.6. The largest absolute Gasteiger partial charge is 0.438 e. The standard InChI is InChI=1S/C15H17ClO6/c1-10(2)8-12(20-15(16)19)14(18)22-21-13(17)9-11-6-4-3-5-7-11/h3-7,10,12H,8-9H2,1-2H3. The fraction of sp³-hybridized carbons (Fsp3) is 0.400. The number of halogens is 1. The van der Waals surface area contributed by atoms with Crippen LogP contribution >= 0.6 is 11.6 Å². The maximum Gasteiger partial charge on any atom is 0.404 e. The molecule has 22 heavy (non-hydrogen) atoms. The number of hydrogen-bond acceptors (Lipinski definition) is 6. The van der Waals surface area contributed by atoms with Crippen LogP contribution < -0.4 is 0 Å². The second kappa shape index (κ2) is 9.04. The zero-order chi connectivity index (χ0) is 16.5. The summed E-state index contributed by atoms with van der Waals surface area (Å²) in [6.45, 7) is 3.65. The van der Waals surface area contributed by atoms with Crippen LogP contribution in [0.2, 0.25) is 0 Å². The van der Waals surface area contributed by atoms with Gasteiger partial charge in [-0.1, -0.05) is 44.2 Å². The smallest absolute Gasteiger partial charge is 0.404 e. The van der Waals surface area contributed by atoms with Crippen molar-refractivity contribution in [3.63, 3.8) is 0 Å². The predicted molar refractivity (Wildman–Crippen MR) is 77.9 cm³/mol. The van der Waals surface area contributed by atoms with E-state index >= 15 is 0 Å². The van der Waals surface area contributed by atoms with E-state index < -0.39 is 23.5 Å². The molecule has 0 heterocycles. The third-order valence-electron chi connectivity index (χ3n) is 2.59. The summed E-state index contributed by atoms with van der Waals surface area (Å²) >= 11 is 5.09. The Morgan fingerprint density at radius 3 is 2.27 bits per heavy atom. The highest BCUT2D eigenvalue weighted by molar-refractivity contribution is 6.61. The Hall–Kier alpha value is -2.08. The lowest BCUT2D eigenvalue weighted by Gasteiger charge is -2.15. The van der Waals surface area contributed by atoms with Crippen molar-refractivity contribution in [1.82, 2.24) is 0 Å². The quantitative estimate of drug-likeness (QED) is 0.454.